The Bertz CT molecular complexity index is 149. The zero-order valence-corrected chi connectivity index (χ0v) is 6.62. The molecule has 4 nitrogen and oxygen atoms in total. The zero-order valence-electron chi connectivity index (χ0n) is 6.62. The SMILES string of the molecule is COCN1C(=O)CCC1CO. The van der Waals surface area contributed by atoms with Crippen LogP contribution >= 0.6 is 0 Å². The summed E-state index contributed by atoms with van der Waals surface area (Å²) in [4.78, 5) is 12.6. The van der Waals surface area contributed by atoms with Crippen LogP contribution in [0.2, 0.25) is 0 Å². The van der Waals surface area contributed by atoms with Crippen LogP contribution in [0.5, 0.6) is 0 Å². The van der Waals surface area contributed by atoms with E-state index in [2.05, 4.69) is 0 Å². The Morgan fingerprint density at radius 3 is 3.09 bits per heavy atom. The summed E-state index contributed by atoms with van der Waals surface area (Å²) in [5, 5.41) is 8.83. The second kappa shape index (κ2) is 3.69. The molecule has 0 saturated carbocycles. The molecule has 0 aliphatic carbocycles. The summed E-state index contributed by atoms with van der Waals surface area (Å²) in [7, 11) is 1.54. The summed E-state index contributed by atoms with van der Waals surface area (Å²) in [5.41, 5.74) is 0. The van der Waals surface area contributed by atoms with Gasteiger partial charge in [0.05, 0.1) is 12.6 Å². The van der Waals surface area contributed by atoms with Crippen molar-refractivity contribution in [3.8, 4) is 0 Å². The van der Waals surface area contributed by atoms with Crippen LogP contribution in [0.15, 0.2) is 0 Å². The number of ether oxygens (including phenoxy) is 1. The average molecular weight is 159 g/mol. The van der Waals surface area contributed by atoms with Gasteiger partial charge in [-0.1, -0.05) is 0 Å². The molecule has 0 bridgehead atoms. The normalized spacial score (nSPS) is 24.7. The number of methoxy groups -OCH3 is 1. The molecule has 1 aliphatic heterocycles. The number of hydrogen-bond donors (Lipinski definition) is 1. The molecule has 11 heavy (non-hydrogen) atoms. The van der Waals surface area contributed by atoms with Crippen molar-refractivity contribution in [3.05, 3.63) is 0 Å². The molecule has 64 valence electrons. The molecule has 1 unspecified atom stereocenters. The number of carbonyl (C=O) groups excluding carboxylic acids is 1. The molecule has 0 radical (unpaired) electrons. The Kier molecular flexibility index (Phi) is 2.84. The number of aliphatic hydroxyl groups is 1. The molecule has 1 fully saturated rings. The van der Waals surface area contributed by atoms with E-state index in [1.807, 2.05) is 0 Å². The fourth-order valence-corrected chi connectivity index (χ4v) is 1.30. The lowest BCUT2D eigenvalue weighted by atomic mass is 10.2. The van der Waals surface area contributed by atoms with E-state index in [1.54, 1.807) is 12.0 Å². The van der Waals surface area contributed by atoms with Crippen molar-refractivity contribution >= 4 is 5.91 Å². The fraction of sp³-hybridized carbons (Fsp3) is 0.857. The van der Waals surface area contributed by atoms with Crippen LogP contribution in [0.25, 0.3) is 0 Å². The Morgan fingerprint density at radius 1 is 1.82 bits per heavy atom. The van der Waals surface area contributed by atoms with Crippen LogP contribution in [0.3, 0.4) is 0 Å². The second-order valence-corrected chi connectivity index (χ2v) is 2.66. The smallest absolute Gasteiger partial charge is 0.224 e. The first-order valence-corrected chi connectivity index (χ1v) is 3.69. The van der Waals surface area contributed by atoms with Gasteiger partial charge in [-0.25, -0.2) is 0 Å². The van der Waals surface area contributed by atoms with Gasteiger partial charge < -0.3 is 14.7 Å². The van der Waals surface area contributed by atoms with E-state index >= 15 is 0 Å². The van der Waals surface area contributed by atoms with E-state index in [9.17, 15) is 4.79 Å². The van der Waals surface area contributed by atoms with Gasteiger partial charge in [-0.05, 0) is 6.42 Å². The number of hydrogen-bond acceptors (Lipinski definition) is 3. The summed E-state index contributed by atoms with van der Waals surface area (Å²) in [6.45, 7) is 0.333. The highest BCUT2D eigenvalue weighted by Crippen LogP contribution is 2.17. The first kappa shape index (κ1) is 8.49. The molecule has 1 saturated heterocycles. The van der Waals surface area contributed by atoms with E-state index in [0.717, 1.165) is 6.42 Å². The van der Waals surface area contributed by atoms with Gasteiger partial charge >= 0.3 is 0 Å². The summed E-state index contributed by atoms with van der Waals surface area (Å²) >= 11 is 0. The summed E-state index contributed by atoms with van der Waals surface area (Å²) in [5.74, 6) is 0.0749. The number of amides is 1. The molecular formula is C7H13NO3. The van der Waals surface area contributed by atoms with Crippen LogP contribution in [0, 0.1) is 0 Å². The monoisotopic (exact) mass is 159 g/mol. The quantitative estimate of drug-likeness (QED) is 0.608. The highest BCUT2D eigenvalue weighted by molar-refractivity contribution is 5.78. The molecule has 0 aromatic carbocycles. The molecule has 4 heteroatoms. The van der Waals surface area contributed by atoms with Crippen LogP contribution in [-0.4, -0.2) is 42.4 Å². The molecule has 1 amide bonds. The summed E-state index contributed by atoms with van der Waals surface area (Å²) < 4.78 is 4.82. The van der Waals surface area contributed by atoms with Gasteiger partial charge in [0.2, 0.25) is 5.91 Å². The van der Waals surface area contributed by atoms with Gasteiger partial charge in [0.25, 0.3) is 0 Å². The Morgan fingerprint density at radius 2 is 2.55 bits per heavy atom. The third-order valence-corrected chi connectivity index (χ3v) is 1.93. The van der Waals surface area contributed by atoms with Crippen molar-refractivity contribution in [3.63, 3.8) is 0 Å². The first-order valence-electron chi connectivity index (χ1n) is 3.69. The minimum atomic E-state index is -0.0255. The van der Waals surface area contributed by atoms with Gasteiger partial charge in [-0.2, -0.15) is 0 Å². The largest absolute Gasteiger partial charge is 0.394 e. The van der Waals surface area contributed by atoms with Crippen LogP contribution < -0.4 is 0 Å². The van der Waals surface area contributed by atoms with Crippen LogP contribution in [-0.2, 0) is 9.53 Å². The molecule has 1 rings (SSSR count). The van der Waals surface area contributed by atoms with Gasteiger partial charge in [0.15, 0.2) is 0 Å². The maximum absolute atomic E-state index is 11.1. The van der Waals surface area contributed by atoms with E-state index in [1.165, 1.54) is 0 Å². The molecule has 1 N–H and O–H groups in total. The fourth-order valence-electron chi connectivity index (χ4n) is 1.30. The van der Waals surface area contributed by atoms with E-state index in [0.29, 0.717) is 13.2 Å². The lowest BCUT2D eigenvalue weighted by Gasteiger charge is -2.21. The predicted molar refractivity (Wildman–Crippen MR) is 38.8 cm³/mol. The van der Waals surface area contributed by atoms with Gasteiger partial charge in [-0.15, -0.1) is 0 Å². The molecule has 0 aromatic rings. The molecular weight excluding hydrogens is 146 g/mol. The van der Waals surface area contributed by atoms with Gasteiger partial charge in [-0.3, -0.25) is 4.79 Å². The second-order valence-electron chi connectivity index (χ2n) is 2.66. The van der Waals surface area contributed by atoms with Crippen molar-refractivity contribution in [2.75, 3.05) is 20.4 Å². The highest BCUT2D eigenvalue weighted by Gasteiger charge is 2.29. The minimum Gasteiger partial charge on any atom is -0.394 e. The van der Waals surface area contributed by atoms with E-state index in [4.69, 9.17) is 9.84 Å². The van der Waals surface area contributed by atoms with Gasteiger partial charge in [0, 0.05) is 13.5 Å². The van der Waals surface area contributed by atoms with Gasteiger partial charge in [0.1, 0.15) is 6.73 Å². The molecule has 0 spiro atoms. The number of nitrogens with zero attached hydrogens (tertiary/aromatic N) is 1. The summed E-state index contributed by atoms with van der Waals surface area (Å²) in [6.07, 6.45) is 1.28. The van der Waals surface area contributed by atoms with Crippen molar-refractivity contribution in [1.82, 2.24) is 4.90 Å². The number of likely N-dealkylation sites (tertiary alicyclic amines) is 1. The molecule has 1 aliphatic rings. The highest BCUT2D eigenvalue weighted by atomic mass is 16.5. The van der Waals surface area contributed by atoms with Crippen LogP contribution in [0.1, 0.15) is 12.8 Å². The Hall–Kier alpha value is -0.610. The van der Waals surface area contributed by atoms with Crippen molar-refractivity contribution in [2.24, 2.45) is 0 Å². The number of aliphatic hydroxyl groups excluding tert-OH is 1. The lowest BCUT2D eigenvalue weighted by molar-refractivity contribution is -0.134. The number of rotatable bonds is 3. The third-order valence-electron chi connectivity index (χ3n) is 1.93. The molecule has 1 atom stereocenters. The van der Waals surface area contributed by atoms with Crippen LogP contribution in [0.4, 0.5) is 0 Å². The Labute approximate surface area is 65.8 Å². The molecule has 1 heterocycles. The predicted octanol–water partition coefficient (Wildman–Crippen LogP) is -0.426. The maximum atomic E-state index is 11.1. The lowest BCUT2D eigenvalue weighted by Crippen LogP contribution is -2.36. The zero-order chi connectivity index (χ0) is 8.27. The molecule has 0 aromatic heterocycles. The van der Waals surface area contributed by atoms with Crippen molar-refractivity contribution < 1.29 is 14.6 Å². The topological polar surface area (TPSA) is 49.8 Å². The Balaban J connectivity index is 2.49. The standard InChI is InChI=1S/C7H13NO3/c1-11-5-8-6(4-9)2-3-7(8)10/h6,9H,2-5H2,1H3. The van der Waals surface area contributed by atoms with E-state index < -0.39 is 0 Å². The minimum absolute atomic E-state index is 0.0255. The maximum Gasteiger partial charge on any atom is 0.224 e. The first-order chi connectivity index (χ1) is 5.29. The average Bonchev–Trinajstić information content (AvgIpc) is 2.34. The van der Waals surface area contributed by atoms with E-state index in [-0.39, 0.29) is 18.6 Å². The third kappa shape index (κ3) is 1.70. The van der Waals surface area contributed by atoms with Crippen molar-refractivity contribution in [2.45, 2.75) is 18.9 Å². The number of carbonyl (C=O) groups is 1. The van der Waals surface area contributed by atoms with Crippen molar-refractivity contribution in [1.29, 1.82) is 0 Å². The summed E-state index contributed by atoms with van der Waals surface area (Å²) in [6, 6.07) is -0.0255.